The number of aromatic nitrogens is 2. The summed E-state index contributed by atoms with van der Waals surface area (Å²) < 4.78 is 2.06. The summed E-state index contributed by atoms with van der Waals surface area (Å²) in [5, 5.41) is 0. The molecule has 0 saturated heterocycles. The lowest BCUT2D eigenvalue weighted by molar-refractivity contribution is 1.13. The highest BCUT2D eigenvalue weighted by Gasteiger charge is 2.04. The number of hydrogen-bond acceptors (Lipinski definition) is 2. The van der Waals surface area contributed by atoms with Gasteiger partial charge in [0.15, 0.2) is 0 Å². The Morgan fingerprint density at radius 2 is 1.79 bits per heavy atom. The molecule has 0 unspecified atom stereocenters. The minimum absolute atomic E-state index is 0.992. The number of nitrogens with zero attached hydrogens (tertiary/aromatic N) is 3. The number of imidazole rings is 1. The molecule has 0 spiro atoms. The highest BCUT2D eigenvalue weighted by molar-refractivity contribution is 5.65. The predicted octanol–water partition coefficient (Wildman–Crippen LogP) is 3.38. The minimum atomic E-state index is 0.992. The first-order valence-corrected chi connectivity index (χ1v) is 6.36. The highest BCUT2D eigenvalue weighted by Crippen LogP contribution is 2.22. The first-order valence-electron chi connectivity index (χ1n) is 6.36. The third-order valence-electron chi connectivity index (χ3n) is 3.30. The largest absolute Gasteiger partial charge is 0.378 e. The lowest BCUT2D eigenvalue weighted by Crippen LogP contribution is -2.07. The number of fused-ring (bicyclic) bond motifs is 1. The Kier molecular flexibility index (Phi) is 2.75. The van der Waals surface area contributed by atoms with Crippen LogP contribution in [0.1, 0.15) is 5.56 Å². The van der Waals surface area contributed by atoms with Gasteiger partial charge in [0, 0.05) is 37.7 Å². The molecule has 3 nitrogen and oxygen atoms in total. The molecular formula is C16H17N3. The van der Waals surface area contributed by atoms with E-state index in [-0.39, 0.29) is 0 Å². The third-order valence-corrected chi connectivity index (χ3v) is 3.30. The molecule has 0 aliphatic rings. The standard InChI is InChI=1S/C16H17N3/c1-12-8-9-19-11-15(17-16(19)10-12)13-4-6-14(7-5-13)18(2)3/h4-11H,1-3H3. The number of aryl methyl sites for hydroxylation is 1. The van der Waals surface area contributed by atoms with E-state index in [0.29, 0.717) is 0 Å². The van der Waals surface area contributed by atoms with E-state index in [1.807, 2.05) is 14.1 Å². The van der Waals surface area contributed by atoms with Crippen molar-refractivity contribution in [1.82, 2.24) is 9.38 Å². The number of benzene rings is 1. The Labute approximate surface area is 113 Å². The summed E-state index contributed by atoms with van der Waals surface area (Å²) in [6.45, 7) is 2.08. The van der Waals surface area contributed by atoms with Gasteiger partial charge in [-0.25, -0.2) is 4.98 Å². The van der Waals surface area contributed by atoms with E-state index in [9.17, 15) is 0 Å². The van der Waals surface area contributed by atoms with Crippen LogP contribution in [0.5, 0.6) is 0 Å². The number of anilines is 1. The van der Waals surface area contributed by atoms with Gasteiger partial charge in [0.1, 0.15) is 5.65 Å². The van der Waals surface area contributed by atoms with Crippen molar-refractivity contribution in [2.45, 2.75) is 6.92 Å². The molecule has 0 aliphatic heterocycles. The summed E-state index contributed by atoms with van der Waals surface area (Å²) in [6, 6.07) is 12.6. The maximum atomic E-state index is 4.67. The molecule has 3 heteroatoms. The molecule has 0 atom stereocenters. The molecule has 3 aromatic rings. The Bertz CT molecular complexity index is 708. The SMILES string of the molecule is Cc1ccn2cc(-c3ccc(N(C)C)cc3)nc2c1. The second kappa shape index (κ2) is 4.43. The molecule has 2 aromatic heterocycles. The van der Waals surface area contributed by atoms with Gasteiger partial charge in [-0.05, 0) is 36.8 Å². The molecule has 0 fully saturated rings. The second-order valence-corrected chi connectivity index (χ2v) is 5.04. The van der Waals surface area contributed by atoms with Crippen molar-refractivity contribution in [1.29, 1.82) is 0 Å². The van der Waals surface area contributed by atoms with Crippen LogP contribution in [0.25, 0.3) is 16.9 Å². The fourth-order valence-corrected chi connectivity index (χ4v) is 2.15. The van der Waals surface area contributed by atoms with Crippen molar-refractivity contribution in [3.63, 3.8) is 0 Å². The van der Waals surface area contributed by atoms with Crippen LogP contribution >= 0.6 is 0 Å². The maximum Gasteiger partial charge on any atom is 0.137 e. The van der Waals surface area contributed by atoms with Crippen molar-refractivity contribution in [2.24, 2.45) is 0 Å². The molecule has 0 bridgehead atoms. The Balaban J connectivity index is 2.03. The lowest BCUT2D eigenvalue weighted by atomic mass is 10.1. The van der Waals surface area contributed by atoms with Crippen molar-refractivity contribution < 1.29 is 0 Å². The molecule has 0 aliphatic carbocycles. The van der Waals surface area contributed by atoms with Crippen LogP contribution in [0.15, 0.2) is 48.8 Å². The van der Waals surface area contributed by atoms with Gasteiger partial charge in [0.05, 0.1) is 5.69 Å². The number of pyridine rings is 1. The molecule has 1 aromatic carbocycles. The molecule has 96 valence electrons. The Morgan fingerprint density at radius 3 is 2.47 bits per heavy atom. The van der Waals surface area contributed by atoms with E-state index in [1.54, 1.807) is 0 Å². The van der Waals surface area contributed by atoms with Gasteiger partial charge in [-0.2, -0.15) is 0 Å². The monoisotopic (exact) mass is 251 g/mol. The van der Waals surface area contributed by atoms with E-state index >= 15 is 0 Å². The quantitative estimate of drug-likeness (QED) is 0.696. The van der Waals surface area contributed by atoms with Gasteiger partial charge in [-0.3, -0.25) is 0 Å². The van der Waals surface area contributed by atoms with Crippen molar-refractivity contribution in [3.8, 4) is 11.3 Å². The second-order valence-electron chi connectivity index (χ2n) is 5.04. The van der Waals surface area contributed by atoms with Crippen molar-refractivity contribution >= 4 is 11.3 Å². The fraction of sp³-hybridized carbons (Fsp3) is 0.188. The van der Waals surface area contributed by atoms with E-state index in [4.69, 9.17) is 0 Å². The summed E-state index contributed by atoms with van der Waals surface area (Å²) in [5.41, 5.74) is 5.57. The Hall–Kier alpha value is -2.29. The van der Waals surface area contributed by atoms with Crippen LogP contribution in [0.4, 0.5) is 5.69 Å². The average Bonchev–Trinajstić information content (AvgIpc) is 2.81. The normalized spacial score (nSPS) is 10.9. The van der Waals surface area contributed by atoms with E-state index < -0.39 is 0 Å². The number of rotatable bonds is 2. The first-order chi connectivity index (χ1) is 9.13. The molecule has 0 saturated carbocycles. The van der Waals surface area contributed by atoms with Gasteiger partial charge in [-0.1, -0.05) is 12.1 Å². The first kappa shape index (κ1) is 11.8. The van der Waals surface area contributed by atoms with E-state index in [1.165, 1.54) is 11.3 Å². The van der Waals surface area contributed by atoms with Gasteiger partial charge in [-0.15, -0.1) is 0 Å². The van der Waals surface area contributed by atoms with Crippen LogP contribution in [0.3, 0.4) is 0 Å². The summed E-state index contributed by atoms with van der Waals surface area (Å²) in [7, 11) is 4.09. The van der Waals surface area contributed by atoms with Crippen LogP contribution in [0, 0.1) is 6.92 Å². The van der Waals surface area contributed by atoms with Crippen molar-refractivity contribution in [2.75, 3.05) is 19.0 Å². The molecule has 0 radical (unpaired) electrons. The van der Waals surface area contributed by atoms with Crippen LogP contribution < -0.4 is 4.90 Å². The zero-order chi connectivity index (χ0) is 13.4. The van der Waals surface area contributed by atoms with Gasteiger partial charge in [0.25, 0.3) is 0 Å². The topological polar surface area (TPSA) is 20.5 Å². The summed E-state index contributed by atoms with van der Waals surface area (Å²) in [5.74, 6) is 0. The average molecular weight is 251 g/mol. The van der Waals surface area contributed by atoms with Crippen molar-refractivity contribution in [3.05, 3.63) is 54.4 Å². The number of hydrogen-bond donors (Lipinski definition) is 0. The molecule has 0 N–H and O–H groups in total. The highest BCUT2D eigenvalue weighted by atomic mass is 15.1. The molecule has 19 heavy (non-hydrogen) atoms. The molecular weight excluding hydrogens is 234 g/mol. The smallest absolute Gasteiger partial charge is 0.137 e. The van der Waals surface area contributed by atoms with Crippen LogP contribution in [-0.4, -0.2) is 23.5 Å². The third kappa shape index (κ3) is 2.19. The Morgan fingerprint density at radius 1 is 1.05 bits per heavy atom. The predicted molar refractivity (Wildman–Crippen MR) is 79.7 cm³/mol. The summed E-state index contributed by atoms with van der Waals surface area (Å²) in [6.07, 6.45) is 4.12. The van der Waals surface area contributed by atoms with Crippen LogP contribution in [0.2, 0.25) is 0 Å². The van der Waals surface area contributed by atoms with Gasteiger partial charge < -0.3 is 9.30 Å². The van der Waals surface area contributed by atoms with Crippen LogP contribution in [-0.2, 0) is 0 Å². The minimum Gasteiger partial charge on any atom is -0.378 e. The van der Waals surface area contributed by atoms with Gasteiger partial charge in [0.2, 0.25) is 0 Å². The van der Waals surface area contributed by atoms with E-state index in [0.717, 1.165) is 16.9 Å². The molecule has 3 rings (SSSR count). The zero-order valence-corrected chi connectivity index (χ0v) is 11.5. The zero-order valence-electron chi connectivity index (χ0n) is 11.5. The van der Waals surface area contributed by atoms with Gasteiger partial charge >= 0.3 is 0 Å². The summed E-state index contributed by atoms with van der Waals surface area (Å²) in [4.78, 5) is 6.76. The lowest BCUT2D eigenvalue weighted by Gasteiger charge is -2.12. The summed E-state index contributed by atoms with van der Waals surface area (Å²) >= 11 is 0. The van der Waals surface area contributed by atoms with E-state index in [2.05, 4.69) is 70.0 Å². The molecule has 0 amide bonds. The molecule has 2 heterocycles. The maximum absolute atomic E-state index is 4.67. The fourth-order valence-electron chi connectivity index (χ4n) is 2.15.